The quantitative estimate of drug-likeness (QED) is 0.766. The summed E-state index contributed by atoms with van der Waals surface area (Å²) in [5.41, 5.74) is 2.17. The molecule has 1 nitrogen and oxygen atoms in total. The minimum atomic E-state index is 0.303. The Kier molecular flexibility index (Phi) is 3.07. The fraction of sp³-hybridized carbons (Fsp3) is 0.625. The van der Waals surface area contributed by atoms with Crippen LogP contribution in [0.15, 0.2) is 30.3 Å². The minimum absolute atomic E-state index is 0.303. The van der Waals surface area contributed by atoms with Gasteiger partial charge in [0.1, 0.15) is 0 Å². The number of rotatable bonds is 3. The minimum Gasteiger partial charge on any atom is -0.295 e. The van der Waals surface area contributed by atoms with E-state index in [1.165, 1.54) is 18.5 Å². The van der Waals surface area contributed by atoms with Crippen LogP contribution in [0.3, 0.4) is 0 Å². The first-order chi connectivity index (χ1) is 7.87. The van der Waals surface area contributed by atoms with E-state index in [1.807, 2.05) is 0 Å². The van der Waals surface area contributed by atoms with Crippen LogP contribution in [0, 0.1) is 5.41 Å². The standard InChI is InChI=1S/C16H25N/c1-13(2)17-12-16(5,15(17,3)4)11-14-9-7-6-8-10-14/h6-10,13H,11-12H2,1-5H3. The summed E-state index contributed by atoms with van der Waals surface area (Å²) < 4.78 is 0. The van der Waals surface area contributed by atoms with Crippen molar-refractivity contribution < 1.29 is 0 Å². The van der Waals surface area contributed by atoms with Crippen molar-refractivity contribution >= 4 is 0 Å². The van der Waals surface area contributed by atoms with Crippen LogP contribution in [-0.2, 0) is 6.42 Å². The Morgan fingerprint density at radius 3 is 2.18 bits per heavy atom. The SMILES string of the molecule is CC(C)N1CC(C)(Cc2ccccc2)C1(C)C. The lowest BCUT2D eigenvalue weighted by Gasteiger charge is -2.64. The molecule has 17 heavy (non-hydrogen) atoms. The van der Waals surface area contributed by atoms with Crippen LogP contribution in [-0.4, -0.2) is 23.0 Å². The predicted molar refractivity (Wildman–Crippen MR) is 74.2 cm³/mol. The molecule has 0 N–H and O–H groups in total. The van der Waals surface area contributed by atoms with Gasteiger partial charge < -0.3 is 0 Å². The highest BCUT2D eigenvalue weighted by Gasteiger charge is 2.55. The fourth-order valence-corrected chi connectivity index (χ4v) is 3.17. The number of benzene rings is 1. The molecule has 0 saturated carbocycles. The van der Waals surface area contributed by atoms with E-state index in [4.69, 9.17) is 0 Å². The zero-order valence-electron chi connectivity index (χ0n) is 11.8. The van der Waals surface area contributed by atoms with E-state index in [2.05, 4.69) is 69.9 Å². The molecule has 2 rings (SSSR count). The third kappa shape index (κ3) is 2.01. The second-order valence-corrected chi connectivity index (χ2v) is 6.50. The third-order valence-corrected chi connectivity index (χ3v) is 4.77. The summed E-state index contributed by atoms with van der Waals surface area (Å²) in [5.74, 6) is 0. The molecule has 1 saturated heterocycles. The largest absolute Gasteiger partial charge is 0.295 e. The van der Waals surface area contributed by atoms with Crippen molar-refractivity contribution in [2.45, 2.75) is 52.6 Å². The Labute approximate surface area is 106 Å². The number of likely N-dealkylation sites (tertiary alicyclic amines) is 1. The van der Waals surface area contributed by atoms with Crippen LogP contribution in [0.4, 0.5) is 0 Å². The topological polar surface area (TPSA) is 3.24 Å². The molecule has 0 amide bonds. The zero-order chi connectivity index (χ0) is 12.7. The molecule has 1 aliphatic rings. The Morgan fingerprint density at radius 1 is 1.12 bits per heavy atom. The highest BCUT2D eigenvalue weighted by Crippen LogP contribution is 2.49. The lowest BCUT2D eigenvalue weighted by Crippen LogP contribution is -2.72. The molecule has 1 aromatic rings. The van der Waals surface area contributed by atoms with Gasteiger partial charge in [-0.3, -0.25) is 4.90 Å². The fourth-order valence-electron chi connectivity index (χ4n) is 3.17. The van der Waals surface area contributed by atoms with Gasteiger partial charge in [0.15, 0.2) is 0 Å². The molecule has 0 radical (unpaired) electrons. The molecule has 1 atom stereocenters. The van der Waals surface area contributed by atoms with E-state index in [9.17, 15) is 0 Å². The van der Waals surface area contributed by atoms with E-state index >= 15 is 0 Å². The maximum Gasteiger partial charge on any atom is 0.0225 e. The summed E-state index contributed by atoms with van der Waals surface area (Å²) >= 11 is 0. The molecule has 94 valence electrons. The summed E-state index contributed by atoms with van der Waals surface area (Å²) in [6.45, 7) is 13.0. The van der Waals surface area contributed by atoms with E-state index in [1.54, 1.807) is 0 Å². The summed E-state index contributed by atoms with van der Waals surface area (Å²) in [6, 6.07) is 11.5. The van der Waals surface area contributed by atoms with Crippen molar-refractivity contribution in [3.8, 4) is 0 Å². The Morgan fingerprint density at radius 2 is 1.71 bits per heavy atom. The van der Waals surface area contributed by atoms with Crippen molar-refractivity contribution in [1.29, 1.82) is 0 Å². The molecule has 1 heterocycles. The smallest absolute Gasteiger partial charge is 0.0225 e. The number of nitrogens with zero attached hydrogens (tertiary/aromatic N) is 1. The molecular formula is C16H25N. The highest BCUT2D eigenvalue weighted by molar-refractivity contribution is 5.21. The van der Waals surface area contributed by atoms with Gasteiger partial charge in [-0.05, 0) is 39.7 Å². The van der Waals surface area contributed by atoms with Gasteiger partial charge in [0.05, 0.1) is 0 Å². The van der Waals surface area contributed by atoms with Gasteiger partial charge in [0, 0.05) is 23.5 Å². The van der Waals surface area contributed by atoms with Crippen LogP contribution in [0.1, 0.15) is 40.2 Å². The van der Waals surface area contributed by atoms with Gasteiger partial charge in [-0.2, -0.15) is 0 Å². The zero-order valence-corrected chi connectivity index (χ0v) is 11.8. The molecule has 1 unspecified atom stereocenters. The van der Waals surface area contributed by atoms with Gasteiger partial charge in [-0.1, -0.05) is 37.3 Å². The van der Waals surface area contributed by atoms with Crippen molar-refractivity contribution in [1.82, 2.24) is 4.90 Å². The second kappa shape index (κ2) is 4.13. The first-order valence-electron chi connectivity index (χ1n) is 6.67. The first kappa shape index (κ1) is 12.6. The molecule has 1 fully saturated rings. The number of hydrogen-bond acceptors (Lipinski definition) is 1. The normalized spacial score (nSPS) is 28.1. The third-order valence-electron chi connectivity index (χ3n) is 4.77. The maximum atomic E-state index is 2.61. The molecule has 0 aliphatic carbocycles. The number of hydrogen-bond donors (Lipinski definition) is 0. The maximum absolute atomic E-state index is 2.61. The molecular weight excluding hydrogens is 206 g/mol. The Hall–Kier alpha value is -0.820. The highest BCUT2D eigenvalue weighted by atomic mass is 15.3. The molecule has 0 aromatic heterocycles. The first-order valence-corrected chi connectivity index (χ1v) is 6.67. The predicted octanol–water partition coefficient (Wildman–Crippen LogP) is 3.74. The van der Waals surface area contributed by atoms with E-state index < -0.39 is 0 Å². The van der Waals surface area contributed by atoms with Crippen LogP contribution in [0.5, 0.6) is 0 Å². The summed E-state index contributed by atoms with van der Waals surface area (Å²) in [7, 11) is 0. The molecule has 1 aliphatic heterocycles. The molecule has 1 heteroatoms. The van der Waals surface area contributed by atoms with E-state index in [-0.39, 0.29) is 0 Å². The summed E-state index contributed by atoms with van der Waals surface area (Å²) in [6.07, 6.45) is 1.18. The lowest BCUT2D eigenvalue weighted by molar-refractivity contribution is -0.144. The van der Waals surface area contributed by atoms with Gasteiger partial charge in [-0.15, -0.1) is 0 Å². The molecule has 0 bridgehead atoms. The molecule has 1 aromatic carbocycles. The molecule has 0 spiro atoms. The lowest BCUT2D eigenvalue weighted by atomic mass is 9.60. The van der Waals surface area contributed by atoms with Crippen molar-refractivity contribution in [3.63, 3.8) is 0 Å². The van der Waals surface area contributed by atoms with Gasteiger partial charge in [0.25, 0.3) is 0 Å². The average molecular weight is 231 g/mol. The van der Waals surface area contributed by atoms with Gasteiger partial charge in [0.2, 0.25) is 0 Å². The Bertz CT molecular complexity index is 380. The van der Waals surface area contributed by atoms with Crippen molar-refractivity contribution in [2.24, 2.45) is 5.41 Å². The van der Waals surface area contributed by atoms with Crippen LogP contribution in [0.25, 0.3) is 0 Å². The second-order valence-electron chi connectivity index (χ2n) is 6.50. The van der Waals surface area contributed by atoms with Crippen LogP contribution in [0.2, 0.25) is 0 Å². The van der Waals surface area contributed by atoms with Crippen LogP contribution >= 0.6 is 0 Å². The van der Waals surface area contributed by atoms with E-state index in [0.29, 0.717) is 17.0 Å². The monoisotopic (exact) mass is 231 g/mol. The van der Waals surface area contributed by atoms with Crippen LogP contribution < -0.4 is 0 Å². The van der Waals surface area contributed by atoms with Crippen molar-refractivity contribution in [3.05, 3.63) is 35.9 Å². The van der Waals surface area contributed by atoms with E-state index in [0.717, 1.165) is 0 Å². The van der Waals surface area contributed by atoms with Gasteiger partial charge in [-0.25, -0.2) is 0 Å². The van der Waals surface area contributed by atoms with Gasteiger partial charge >= 0.3 is 0 Å². The Balaban J connectivity index is 2.13. The summed E-state index contributed by atoms with van der Waals surface area (Å²) in [5, 5.41) is 0. The van der Waals surface area contributed by atoms with Crippen molar-refractivity contribution in [2.75, 3.05) is 6.54 Å². The average Bonchev–Trinajstić information content (AvgIpc) is 2.27. The summed E-state index contributed by atoms with van der Waals surface area (Å²) in [4.78, 5) is 2.61.